The van der Waals surface area contributed by atoms with E-state index in [0.717, 1.165) is 30.6 Å². The van der Waals surface area contributed by atoms with Crippen LogP contribution in [0.25, 0.3) is 0 Å². The van der Waals surface area contributed by atoms with Crippen LogP contribution in [0.5, 0.6) is 0 Å². The predicted molar refractivity (Wildman–Crippen MR) is 85.9 cm³/mol. The van der Waals surface area contributed by atoms with Gasteiger partial charge in [0.25, 0.3) is 5.91 Å². The molecule has 6 heteroatoms. The highest BCUT2D eigenvalue weighted by atomic mass is 16.2. The number of carbonyl (C=O) groups is 3. The van der Waals surface area contributed by atoms with Gasteiger partial charge in [-0.1, -0.05) is 13.3 Å². The molecule has 1 unspecified atom stereocenters. The number of hydrogen-bond acceptors (Lipinski definition) is 4. The Morgan fingerprint density at radius 1 is 1.30 bits per heavy atom. The number of benzene rings is 1. The standard InChI is InChI=1S/C17H21N3O3/c1-2-3-8-18-12-4-5-13-11(9-12)10-20(17(13)23)14-6-7-15(21)19-16(14)22/h4-5,9,14,18H,2-3,6-8,10H2,1H3,(H,19,21,22). The van der Waals surface area contributed by atoms with Crippen LogP contribution >= 0.6 is 0 Å². The first-order chi connectivity index (χ1) is 11.1. The summed E-state index contributed by atoms with van der Waals surface area (Å²) in [6.07, 6.45) is 2.89. The number of carbonyl (C=O) groups excluding carboxylic acids is 3. The molecule has 0 aromatic heterocycles. The number of hydrogen-bond donors (Lipinski definition) is 2. The lowest BCUT2D eigenvalue weighted by atomic mass is 10.0. The SMILES string of the molecule is CCCCNc1ccc2c(c1)CN(C1CCC(=O)NC1=O)C2=O. The zero-order valence-electron chi connectivity index (χ0n) is 13.2. The molecule has 2 heterocycles. The van der Waals surface area contributed by atoms with Crippen molar-refractivity contribution in [2.24, 2.45) is 0 Å². The lowest BCUT2D eigenvalue weighted by molar-refractivity contribution is -0.136. The number of amides is 3. The fourth-order valence-electron chi connectivity index (χ4n) is 3.09. The van der Waals surface area contributed by atoms with E-state index >= 15 is 0 Å². The Balaban J connectivity index is 1.73. The summed E-state index contributed by atoms with van der Waals surface area (Å²) < 4.78 is 0. The number of nitrogens with zero attached hydrogens (tertiary/aromatic N) is 1. The Hall–Kier alpha value is -2.37. The molecule has 6 nitrogen and oxygen atoms in total. The van der Waals surface area contributed by atoms with E-state index in [2.05, 4.69) is 17.6 Å². The lowest BCUT2D eigenvalue weighted by Gasteiger charge is -2.29. The van der Waals surface area contributed by atoms with Crippen LogP contribution in [0.15, 0.2) is 18.2 Å². The summed E-state index contributed by atoms with van der Waals surface area (Å²) in [5.41, 5.74) is 2.58. The minimum atomic E-state index is -0.552. The Kier molecular flexibility index (Phi) is 4.32. The molecule has 0 spiro atoms. The molecular weight excluding hydrogens is 294 g/mol. The molecule has 1 aromatic rings. The maximum atomic E-state index is 12.5. The summed E-state index contributed by atoms with van der Waals surface area (Å²) in [4.78, 5) is 37.4. The third kappa shape index (κ3) is 3.06. The molecule has 0 radical (unpaired) electrons. The fourth-order valence-corrected chi connectivity index (χ4v) is 3.09. The molecular formula is C17H21N3O3. The number of nitrogens with one attached hydrogen (secondary N) is 2. The number of rotatable bonds is 5. The van der Waals surface area contributed by atoms with E-state index in [4.69, 9.17) is 0 Å². The molecule has 0 bridgehead atoms. The smallest absolute Gasteiger partial charge is 0.255 e. The second-order valence-corrected chi connectivity index (χ2v) is 6.05. The maximum Gasteiger partial charge on any atom is 0.255 e. The van der Waals surface area contributed by atoms with Crippen molar-refractivity contribution in [3.63, 3.8) is 0 Å². The molecule has 1 fully saturated rings. The molecule has 2 N–H and O–H groups in total. The van der Waals surface area contributed by atoms with Gasteiger partial charge in [-0.3, -0.25) is 19.7 Å². The van der Waals surface area contributed by atoms with Crippen LogP contribution in [0.3, 0.4) is 0 Å². The second-order valence-electron chi connectivity index (χ2n) is 6.05. The Morgan fingerprint density at radius 2 is 2.13 bits per heavy atom. The molecule has 23 heavy (non-hydrogen) atoms. The summed E-state index contributed by atoms with van der Waals surface area (Å²) in [5, 5.41) is 5.66. The van der Waals surface area contributed by atoms with E-state index in [-0.39, 0.29) is 24.1 Å². The average Bonchev–Trinajstić information content (AvgIpc) is 2.84. The second kappa shape index (κ2) is 6.40. The summed E-state index contributed by atoms with van der Waals surface area (Å²) >= 11 is 0. The normalized spacial score (nSPS) is 20.5. The molecule has 0 saturated carbocycles. The third-order valence-electron chi connectivity index (χ3n) is 4.38. The van der Waals surface area contributed by atoms with Crippen molar-refractivity contribution >= 4 is 23.4 Å². The first-order valence-electron chi connectivity index (χ1n) is 8.11. The van der Waals surface area contributed by atoms with E-state index in [1.165, 1.54) is 0 Å². The van der Waals surface area contributed by atoms with Gasteiger partial charge < -0.3 is 10.2 Å². The number of imide groups is 1. The van der Waals surface area contributed by atoms with Crippen LogP contribution in [0, 0.1) is 0 Å². The zero-order valence-corrected chi connectivity index (χ0v) is 13.2. The van der Waals surface area contributed by atoms with Gasteiger partial charge in [-0.2, -0.15) is 0 Å². The highest BCUT2D eigenvalue weighted by Crippen LogP contribution is 2.29. The summed E-state index contributed by atoms with van der Waals surface area (Å²) in [6.45, 7) is 3.46. The lowest BCUT2D eigenvalue weighted by Crippen LogP contribution is -2.52. The largest absolute Gasteiger partial charge is 0.385 e. The first-order valence-corrected chi connectivity index (χ1v) is 8.11. The monoisotopic (exact) mass is 315 g/mol. The predicted octanol–water partition coefficient (Wildman–Crippen LogP) is 1.66. The van der Waals surface area contributed by atoms with Gasteiger partial charge in [-0.25, -0.2) is 0 Å². The first kappa shape index (κ1) is 15.5. The van der Waals surface area contributed by atoms with Crippen molar-refractivity contribution in [2.75, 3.05) is 11.9 Å². The van der Waals surface area contributed by atoms with Gasteiger partial charge in [0.15, 0.2) is 0 Å². The van der Waals surface area contributed by atoms with Gasteiger partial charge in [0.05, 0.1) is 0 Å². The average molecular weight is 315 g/mol. The molecule has 1 saturated heterocycles. The van der Waals surface area contributed by atoms with Crippen LogP contribution < -0.4 is 10.6 Å². The molecule has 3 amide bonds. The Morgan fingerprint density at radius 3 is 2.87 bits per heavy atom. The van der Waals surface area contributed by atoms with Crippen molar-refractivity contribution in [1.82, 2.24) is 10.2 Å². The van der Waals surface area contributed by atoms with E-state index < -0.39 is 6.04 Å². The molecule has 1 aromatic carbocycles. The number of anilines is 1. The fraction of sp³-hybridized carbons (Fsp3) is 0.471. The highest BCUT2D eigenvalue weighted by Gasteiger charge is 2.38. The minimum Gasteiger partial charge on any atom is -0.385 e. The summed E-state index contributed by atoms with van der Waals surface area (Å²) in [7, 11) is 0. The molecule has 0 aliphatic carbocycles. The molecule has 122 valence electrons. The number of piperidine rings is 1. The third-order valence-corrected chi connectivity index (χ3v) is 4.38. The van der Waals surface area contributed by atoms with Crippen LogP contribution in [0.1, 0.15) is 48.5 Å². The van der Waals surface area contributed by atoms with Crippen molar-refractivity contribution in [2.45, 2.75) is 45.2 Å². The van der Waals surface area contributed by atoms with E-state index in [9.17, 15) is 14.4 Å². The minimum absolute atomic E-state index is 0.130. The Bertz CT molecular complexity index is 656. The topological polar surface area (TPSA) is 78.5 Å². The van der Waals surface area contributed by atoms with E-state index in [1.54, 1.807) is 4.90 Å². The van der Waals surface area contributed by atoms with E-state index in [0.29, 0.717) is 18.5 Å². The van der Waals surface area contributed by atoms with E-state index in [1.807, 2.05) is 18.2 Å². The summed E-state index contributed by atoms with van der Waals surface area (Å²) in [6, 6.07) is 5.15. The van der Waals surface area contributed by atoms with Gasteiger partial charge in [0, 0.05) is 30.8 Å². The van der Waals surface area contributed by atoms with Gasteiger partial charge in [-0.05, 0) is 36.6 Å². The maximum absolute atomic E-state index is 12.5. The number of unbranched alkanes of at least 4 members (excludes halogenated alkanes) is 1. The van der Waals surface area contributed by atoms with Crippen molar-refractivity contribution < 1.29 is 14.4 Å². The van der Waals surface area contributed by atoms with Crippen LogP contribution in [-0.2, 0) is 16.1 Å². The van der Waals surface area contributed by atoms with Gasteiger partial charge in [-0.15, -0.1) is 0 Å². The van der Waals surface area contributed by atoms with Crippen molar-refractivity contribution in [3.8, 4) is 0 Å². The van der Waals surface area contributed by atoms with Crippen molar-refractivity contribution in [3.05, 3.63) is 29.3 Å². The van der Waals surface area contributed by atoms with Gasteiger partial charge in [0.1, 0.15) is 6.04 Å². The Labute approximate surface area is 135 Å². The van der Waals surface area contributed by atoms with Gasteiger partial charge in [0.2, 0.25) is 11.8 Å². The highest BCUT2D eigenvalue weighted by molar-refractivity contribution is 6.05. The summed E-state index contributed by atoms with van der Waals surface area (Å²) in [5.74, 6) is -0.767. The van der Waals surface area contributed by atoms with Crippen LogP contribution in [0.4, 0.5) is 5.69 Å². The number of fused-ring (bicyclic) bond motifs is 1. The van der Waals surface area contributed by atoms with Gasteiger partial charge >= 0.3 is 0 Å². The molecule has 2 aliphatic rings. The van der Waals surface area contributed by atoms with Crippen molar-refractivity contribution in [1.29, 1.82) is 0 Å². The van der Waals surface area contributed by atoms with Crippen LogP contribution in [-0.4, -0.2) is 35.2 Å². The molecule has 1 atom stereocenters. The molecule has 3 rings (SSSR count). The molecule has 2 aliphatic heterocycles. The van der Waals surface area contributed by atoms with Crippen LogP contribution in [0.2, 0.25) is 0 Å². The zero-order chi connectivity index (χ0) is 16.4. The quantitative estimate of drug-likeness (QED) is 0.640.